The minimum absolute atomic E-state index is 0.0492. The fourth-order valence-corrected chi connectivity index (χ4v) is 4.58. The number of aromatic nitrogens is 2. The number of methoxy groups -OCH3 is 1. The van der Waals surface area contributed by atoms with Gasteiger partial charge in [0.2, 0.25) is 5.69 Å². The zero-order valence-corrected chi connectivity index (χ0v) is 22.5. The second-order valence-electron chi connectivity index (χ2n) is 9.28. The third kappa shape index (κ3) is 4.98. The molecular weight excluding hydrogens is 480 g/mol. The standard InChI is InChI=1S/C30H32N4O4/c1-7-33(5)30(36)22-12-9-13-23(16-22)32-29(35)27-20(4)31-28(34(27)37)21-14-15-25(38-6)24(17-21)26-18(2)10-8-11-19(26)3/h8-17,31H,7H2,1-6H3,(H,32,35). The lowest BCUT2D eigenvalue weighted by Gasteiger charge is -2.15. The SMILES string of the molecule is CCN(C)C(=O)c1cccc(NC(=O)c2c(C)[nH]c(-c3ccc(OC)c(-c4c(C)cccc4C)c3)[n+]2[O-])c1. The summed E-state index contributed by atoms with van der Waals surface area (Å²) in [6.45, 7) is 8.20. The monoisotopic (exact) mass is 512 g/mol. The summed E-state index contributed by atoms with van der Waals surface area (Å²) in [6.07, 6.45) is 0. The molecule has 2 N–H and O–H groups in total. The van der Waals surface area contributed by atoms with Gasteiger partial charge in [0.05, 0.1) is 12.7 Å². The van der Waals surface area contributed by atoms with Crippen molar-refractivity contribution in [2.45, 2.75) is 27.7 Å². The summed E-state index contributed by atoms with van der Waals surface area (Å²) >= 11 is 0. The van der Waals surface area contributed by atoms with Crippen molar-refractivity contribution in [2.75, 3.05) is 26.0 Å². The van der Waals surface area contributed by atoms with Gasteiger partial charge in [0.25, 0.3) is 17.6 Å². The largest absolute Gasteiger partial charge is 0.710 e. The van der Waals surface area contributed by atoms with Crippen LogP contribution < -0.4 is 14.8 Å². The number of H-pyrrole nitrogens is 1. The van der Waals surface area contributed by atoms with E-state index in [1.54, 1.807) is 56.3 Å². The smallest absolute Gasteiger partial charge is 0.300 e. The highest BCUT2D eigenvalue weighted by molar-refractivity contribution is 6.04. The molecule has 0 saturated carbocycles. The second kappa shape index (κ2) is 10.8. The van der Waals surface area contributed by atoms with Crippen molar-refractivity contribution in [1.82, 2.24) is 9.88 Å². The number of nitrogens with zero attached hydrogens (tertiary/aromatic N) is 2. The quantitative estimate of drug-likeness (QED) is 0.260. The van der Waals surface area contributed by atoms with E-state index in [1.165, 1.54) is 0 Å². The maximum atomic E-state index is 13.4. The summed E-state index contributed by atoms with van der Waals surface area (Å²) in [7, 11) is 3.33. The van der Waals surface area contributed by atoms with Gasteiger partial charge in [-0.1, -0.05) is 24.3 Å². The van der Waals surface area contributed by atoms with E-state index in [2.05, 4.69) is 10.3 Å². The van der Waals surface area contributed by atoms with Crippen LogP contribution in [0.15, 0.2) is 60.7 Å². The summed E-state index contributed by atoms with van der Waals surface area (Å²) in [5.41, 5.74) is 5.94. The highest BCUT2D eigenvalue weighted by Gasteiger charge is 2.26. The first kappa shape index (κ1) is 26.5. The summed E-state index contributed by atoms with van der Waals surface area (Å²) in [5, 5.41) is 16.2. The van der Waals surface area contributed by atoms with E-state index in [0.717, 1.165) is 22.3 Å². The molecule has 0 saturated heterocycles. The van der Waals surface area contributed by atoms with Crippen LogP contribution in [0.3, 0.4) is 0 Å². The molecule has 4 aromatic rings. The predicted octanol–water partition coefficient (Wildman–Crippen LogP) is 5.26. The van der Waals surface area contributed by atoms with Crippen molar-refractivity contribution in [3.8, 4) is 28.3 Å². The molecule has 8 heteroatoms. The molecule has 2 amide bonds. The number of rotatable bonds is 7. The molecule has 0 spiro atoms. The zero-order chi connectivity index (χ0) is 27.6. The Hall–Kier alpha value is -4.59. The van der Waals surface area contributed by atoms with E-state index in [-0.39, 0.29) is 17.4 Å². The van der Waals surface area contributed by atoms with Crippen molar-refractivity contribution in [1.29, 1.82) is 0 Å². The van der Waals surface area contributed by atoms with Gasteiger partial charge in [0.15, 0.2) is 5.69 Å². The molecule has 0 aliphatic heterocycles. The Labute approximate surface area is 222 Å². The lowest BCUT2D eigenvalue weighted by molar-refractivity contribution is -0.594. The molecule has 4 rings (SSSR count). The topological polar surface area (TPSA) is 101 Å². The number of ether oxygens (including phenoxy) is 1. The van der Waals surface area contributed by atoms with Gasteiger partial charge in [-0.05, 0) is 73.9 Å². The van der Waals surface area contributed by atoms with Crippen LogP contribution in [-0.2, 0) is 0 Å². The van der Waals surface area contributed by atoms with Gasteiger partial charge in [0.1, 0.15) is 5.75 Å². The van der Waals surface area contributed by atoms with Gasteiger partial charge < -0.3 is 20.2 Å². The molecule has 196 valence electrons. The number of carbonyl (C=O) groups excluding carboxylic acids is 2. The van der Waals surface area contributed by atoms with Gasteiger partial charge in [-0.15, -0.1) is 0 Å². The molecule has 8 nitrogen and oxygen atoms in total. The molecule has 0 aliphatic rings. The number of aromatic amines is 1. The minimum Gasteiger partial charge on any atom is -0.710 e. The van der Waals surface area contributed by atoms with Gasteiger partial charge in [-0.3, -0.25) is 9.59 Å². The molecule has 0 fully saturated rings. The van der Waals surface area contributed by atoms with Crippen molar-refractivity contribution in [2.24, 2.45) is 0 Å². The van der Waals surface area contributed by atoms with Crippen molar-refractivity contribution >= 4 is 17.5 Å². The lowest BCUT2D eigenvalue weighted by Crippen LogP contribution is -2.36. The number of imidazole rings is 1. The number of anilines is 1. The van der Waals surface area contributed by atoms with E-state index < -0.39 is 5.91 Å². The van der Waals surface area contributed by atoms with E-state index >= 15 is 0 Å². The first-order chi connectivity index (χ1) is 18.2. The first-order valence-corrected chi connectivity index (χ1v) is 12.4. The zero-order valence-electron chi connectivity index (χ0n) is 22.5. The number of aryl methyl sites for hydroxylation is 3. The van der Waals surface area contributed by atoms with Gasteiger partial charge >= 0.3 is 0 Å². The van der Waals surface area contributed by atoms with E-state index in [4.69, 9.17) is 4.74 Å². The fraction of sp³-hybridized carbons (Fsp3) is 0.233. The van der Waals surface area contributed by atoms with Crippen LogP contribution in [0.4, 0.5) is 5.69 Å². The maximum Gasteiger partial charge on any atom is 0.300 e. The summed E-state index contributed by atoms with van der Waals surface area (Å²) in [6, 6.07) is 18.2. The third-order valence-corrected chi connectivity index (χ3v) is 6.69. The number of hydrogen-bond donors (Lipinski definition) is 2. The number of amides is 2. The number of hydrogen-bond acceptors (Lipinski definition) is 4. The van der Waals surface area contributed by atoms with Crippen molar-refractivity contribution in [3.63, 3.8) is 0 Å². The fourth-order valence-electron chi connectivity index (χ4n) is 4.58. The average molecular weight is 513 g/mol. The Morgan fingerprint density at radius 3 is 2.37 bits per heavy atom. The predicted molar refractivity (Wildman–Crippen MR) is 148 cm³/mol. The van der Waals surface area contributed by atoms with Crippen LogP contribution in [0.5, 0.6) is 5.75 Å². The van der Waals surface area contributed by atoms with Gasteiger partial charge in [-0.2, -0.15) is 0 Å². The molecule has 0 radical (unpaired) electrons. The molecule has 0 atom stereocenters. The van der Waals surface area contributed by atoms with Crippen LogP contribution in [0, 0.1) is 26.0 Å². The molecule has 1 heterocycles. The number of benzene rings is 3. The summed E-state index contributed by atoms with van der Waals surface area (Å²) in [5.74, 6) is 0.211. The maximum absolute atomic E-state index is 13.4. The van der Waals surface area contributed by atoms with Crippen LogP contribution in [0.1, 0.15) is 44.6 Å². The van der Waals surface area contributed by atoms with E-state index in [9.17, 15) is 14.8 Å². The molecule has 0 unspecified atom stereocenters. The molecule has 38 heavy (non-hydrogen) atoms. The number of nitrogens with one attached hydrogen (secondary N) is 2. The highest BCUT2D eigenvalue weighted by Crippen LogP contribution is 2.37. The Bertz CT molecular complexity index is 1500. The van der Waals surface area contributed by atoms with E-state index in [0.29, 0.717) is 39.5 Å². The average Bonchev–Trinajstić information content (AvgIpc) is 3.21. The van der Waals surface area contributed by atoms with Crippen LogP contribution in [-0.4, -0.2) is 42.4 Å². The van der Waals surface area contributed by atoms with Gasteiger partial charge in [0, 0.05) is 37.3 Å². The Morgan fingerprint density at radius 1 is 1.03 bits per heavy atom. The molecule has 1 aromatic heterocycles. The van der Waals surface area contributed by atoms with Crippen LogP contribution >= 0.6 is 0 Å². The molecule has 3 aromatic carbocycles. The van der Waals surface area contributed by atoms with Crippen LogP contribution in [0.25, 0.3) is 22.5 Å². The molecular formula is C30H32N4O4. The van der Waals surface area contributed by atoms with E-state index in [1.807, 2.05) is 51.1 Å². The Kier molecular flexibility index (Phi) is 7.52. The van der Waals surface area contributed by atoms with Crippen molar-refractivity contribution in [3.05, 3.63) is 93.9 Å². The number of carbonyl (C=O) groups is 2. The summed E-state index contributed by atoms with van der Waals surface area (Å²) in [4.78, 5) is 30.4. The Balaban J connectivity index is 1.69. The highest BCUT2D eigenvalue weighted by atomic mass is 16.5. The third-order valence-electron chi connectivity index (χ3n) is 6.69. The van der Waals surface area contributed by atoms with Gasteiger partial charge in [-0.25, -0.2) is 9.71 Å². The molecule has 0 aliphatic carbocycles. The Morgan fingerprint density at radius 2 is 1.71 bits per heavy atom. The molecule has 0 bridgehead atoms. The lowest BCUT2D eigenvalue weighted by atomic mass is 9.93. The normalized spacial score (nSPS) is 10.8. The van der Waals surface area contributed by atoms with Crippen LogP contribution in [0.2, 0.25) is 0 Å². The minimum atomic E-state index is -0.572. The second-order valence-corrected chi connectivity index (χ2v) is 9.28. The first-order valence-electron chi connectivity index (χ1n) is 12.4. The summed E-state index contributed by atoms with van der Waals surface area (Å²) < 4.78 is 6.24. The van der Waals surface area contributed by atoms with Crippen molar-refractivity contribution < 1.29 is 19.1 Å².